The molecule has 0 saturated heterocycles. The van der Waals surface area contributed by atoms with Crippen molar-refractivity contribution in [3.63, 3.8) is 0 Å². The van der Waals surface area contributed by atoms with Gasteiger partial charge in [-0.05, 0) is 36.5 Å². The molecule has 2 aromatic rings. The van der Waals surface area contributed by atoms with Crippen LogP contribution in [0.3, 0.4) is 0 Å². The highest BCUT2D eigenvalue weighted by molar-refractivity contribution is 7.94. The first-order valence-corrected chi connectivity index (χ1v) is 11.5. The fourth-order valence-corrected chi connectivity index (χ4v) is 5.13. The summed E-state index contributed by atoms with van der Waals surface area (Å²) in [6.45, 7) is 0. The molecule has 0 bridgehead atoms. The molecular weight excluding hydrogens is 406 g/mol. The maximum Gasteiger partial charge on any atom is 0.257 e. The highest BCUT2D eigenvalue weighted by atomic mass is 32.2. The van der Waals surface area contributed by atoms with E-state index in [-0.39, 0.29) is 23.1 Å². The van der Waals surface area contributed by atoms with Gasteiger partial charge >= 0.3 is 0 Å². The Balaban J connectivity index is 1.76. The number of fused-ring (bicyclic) bond motifs is 1. The van der Waals surface area contributed by atoms with Gasteiger partial charge in [-0.15, -0.1) is 0 Å². The van der Waals surface area contributed by atoms with E-state index < -0.39 is 21.8 Å². The molecule has 158 valence electrons. The number of benzene rings is 1. The van der Waals surface area contributed by atoms with Crippen molar-refractivity contribution in [2.75, 3.05) is 19.9 Å². The quantitative estimate of drug-likeness (QED) is 0.750. The molecule has 0 unspecified atom stereocenters. The van der Waals surface area contributed by atoms with Crippen LogP contribution in [-0.2, 0) is 9.84 Å². The summed E-state index contributed by atoms with van der Waals surface area (Å²) in [5.41, 5.74) is 2.13. The molecular formula is C21H23N3O5S. The summed E-state index contributed by atoms with van der Waals surface area (Å²) >= 11 is 0. The zero-order valence-electron chi connectivity index (χ0n) is 16.8. The number of nitrogens with zero attached hydrogens (tertiary/aromatic N) is 1. The third kappa shape index (κ3) is 3.65. The first kappa shape index (κ1) is 20.3. The summed E-state index contributed by atoms with van der Waals surface area (Å²) in [6, 6.07) is 4.81. The number of hydrogen-bond donors (Lipinski definition) is 2. The number of carbonyl (C=O) groups excluding carboxylic acids is 2. The summed E-state index contributed by atoms with van der Waals surface area (Å²) < 4.78 is 28.5. The fraction of sp³-hybridized carbons (Fsp3) is 0.381. The molecule has 1 aliphatic carbocycles. The monoisotopic (exact) mass is 429 g/mol. The predicted molar refractivity (Wildman–Crippen MR) is 112 cm³/mol. The van der Waals surface area contributed by atoms with Gasteiger partial charge in [0.05, 0.1) is 30.0 Å². The van der Waals surface area contributed by atoms with Crippen molar-refractivity contribution in [1.82, 2.24) is 15.6 Å². The molecule has 30 heavy (non-hydrogen) atoms. The van der Waals surface area contributed by atoms with Crippen LogP contribution >= 0.6 is 0 Å². The van der Waals surface area contributed by atoms with Crippen LogP contribution in [0.4, 0.5) is 0 Å². The third-order valence-electron chi connectivity index (χ3n) is 5.67. The largest absolute Gasteiger partial charge is 0.480 e. The Morgan fingerprint density at radius 3 is 2.53 bits per heavy atom. The molecule has 4 rings (SSSR count). The number of pyridine rings is 1. The summed E-state index contributed by atoms with van der Waals surface area (Å²) in [7, 11) is -0.308. The first-order valence-electron chi connectivity index (χ1n) is 9.78. The average molecular weight is 429 g/mol. The second kappa shape index (κ2) is 7.71. The molecule has 1 saturated carbocycles. The van der Waals surface area contributed by atoms with E-state index in [1.54, 1.807) is 13.1 Å². The van der Waals surface area contributed by atoms with Crippen LogP contribution < -0.4 is 15.4 Å². The number of amides is 2. The lowest BCUT2D eigenvalue weighted by atomic mass is 9.77. The van der Waals surface area contributed by atoms with Gasteiger partial charge in [-0.3, -0.25) is 9.59 Å². The molecule has 1 fully saturated rings. The average Bonchev–Trinajstić information content (AvgIpc) is 3.02. The normalized spacial score (nSPS) is 20.0. The molecule has 0 radical (unpaired) electrons. The van der Waals surface area contributed by atoms with E-state index in [0.29, 0.717) is 22.4 Å². The van der Waals surface area contributed by atoms with Crippen molar-refractivity contribution in [2.45, 2.75) is 31.2 Å². The number of methoxy groups -OCH3 is 1. The number of sulfone groups is 1. The van der Waals surface area contributed by atoms with Crippen molar-refractivity contribution in [1.29, 1.82) is 0 Å². The Kier molecular flexibility index (Phi) is 5.23. The van der Waals surface area contributed by atoms with E-state index in [1.807, 2.05) is 12.1 Å². The summed E-state index contributed by atoms with van der Waals surface area (Å²) in [4.78, 5) is 30.0. The molecule has 1 aliphatic heterocycles. The Labute approximate surface area is 174 Å². The smallest absolute Gasteiger partial charge is 0.257 e. The van der Waals surface area contributed by atoms with Crippen molar-refractivity contribution in [3.05, 3.63) is 46.4 Å². The molecule has 2 aliphatic rings. The van der Waals surface area contributed by atoms with E-state index in [2.05, 4.69) is 15.6 Å². The Bertz CT molecular complexity index is 1170. The van der Waals surface area contributed by atoms with Crippen LogP contribution in [0.25, 0.3) is 10.9 Å². The van der Waals surface area contributed by atoms with E-state index in [0.717, 1.165) is 30.2 Å². The van der Waals surface area contributed by atoms with Crippen LogP contribution in [-0.4, -0.2) is 51.2 Å². The van der Waals surface area contributed by atoms with E-state index in [4.69, 9.17) is 4.74 Å². The van der Waals surface area contributed by atoms with Crippen molar-refractivity contribution in [3.8, 4) is 5.88 Å². The number of carbonyl (C=O) groups is 2. The highest BCUT2D eigenvalue weighted by Gasteiger charge is 2.29. The zero-order valence-corrected chi connectivity index (χ0v) is 17.6. The molecule has 1 aromatic carbocycles. The summed E-state index contributed by atoms with van der Waals surface area (Å²) in [6.07, 6.45) is 4.65. The lowest BCUT2D eigenvalue weighted by molar-refractivity contribution is 0.0941. The SMILES string of the molecule is CNC(=O)c1c(C2CCC2)ccc2cc(C(=O)N[C@@H]3C=CS(=O)(=O)C3)c(OC)nc12. The molecule has 1 atom stereocenters. The topological polar surface area (TPSA) is 114 Å². The Morgan fingerprint density at radius 2 is 1.97 bits per heavy atom. The highest BCUT2D eigenvalue weighted by Crippen LogP contribution is 2.40. The first-order chi connectivity index (χ1) is 14.3. The summed E-state index contributed by atoms with van der Waals surface area (Å²) in [5.74, 6) is -0.476. The summed E-state index contributed by atoms with van der Waals surface area (Å²) in [5, 5.41) is 7.11. The van der Waals surface area contributed by atoms with Crippen LogP contribution in [0.1, 0.15) is 51.5 Å². The van der Waals surface area contributed by atoms with Crippen LogP contribution in [0.15, 0.2) is 29.7 Å². The van der Waals surface area contributed by atoms with Gasteiger partial charge in [0.15, 0.2) is 9.84 Å². The van der Waals surface area contributed by atoms with Gasteiger partial charge in [-0.2, -0.15) is 0 Å². The van der Waals surface area contributed by atoms with E-state index in [1.165, 1.54) is 13.2 Å². The number of rotatable bonds is 5. The molecule has 1 aromatic heterocycles. The van der Waals surface area contributed by atoms with Gasteiger partial charge < -0.3 is 15.4 Å². The van der Waals surface area contributed by atoms with Gasteiger partial charge in [-0.25, -0.2) is 13.4 Å². The van der Waals surface area contributed by atoms with Crippen LogP contribution in [0.2, 0.25) is 0 Å². The molecule has 2 N–H and O–H groups in total. The standard InChI is InChI=1S/C21H23N3O5S/c1-22-20(26)17-15(12-4-3-5-12)7-6-13-10-16(21(29-2)24-18(13)17)19(25)23-14-8-9-30(27,28)11-14/h6-10,12,14H,3-5,11H2,1-2H3,(H,22,26)(H,23,25)/t14-/m1/s1. The van der Waals surface area contributed by atoms with Crippen molar-refractivity contribution >= 4 is 32.6 Å². The zero-order chi connectivity index (χ0) is 21.5. The molecule has 9 heteroatoms. The fourth-order valence-electron chi connectivity index (χ4n) is 3.89. The van der Waals surface area contributed by atoms with Crippen molar-refractivity contribution in [2.24, 2.45) is 0 Å². The van der Waals surface area contributed by atoms with Crippen LogP contribution in [0.5, 0.6) is 5.88 Å². The lowest BCUT2D eigenvalue weighted by Crippen LogP contribution is -2.35. The molecule has 2 amide bonds. The second-order valence-corrected chi connectivity index (χ2v) is 9.52. The van der Waals surface area contributed by atoms with Gasteiger partial charge in [0.1, 0.15) is 5.56 Å². The van der Waals surface area contributed by atoms with Gasteiger partial charge in [0, 0.05) is 17.8 Å². The maximum absolute atomic E-state index is 12.8. The predicted octanol–water partition coefficient (Wildman–Crippen LogP) is 1.91. The van der Waals surface area contributed by atoms with E-state index in [9.17, 15) is 18.0 Å². The lowest BCUT2D eigenvalue weighted by Gasteiger charge is -2.28. The molecule has 2 heterocycles. The Morgan fingerprint density at radius 1 is 1.20 bits per heavy atom. The van der Waals surface area contributed by atoms with Gasteiger partial charge in [-0.1, -0.05) is 18.6 Å². The minimum Gasteiger partial charge on any atom is -0.480 e. The number of aromatic nitrogens is 1. The third-order valence-corrected chi connectivity index (χ3v) is 7.06. The minimum atomic E-state index is -3.29. The van der Waals surface area contributed by atoms with Gasteiger partial charge in [0.25, 0.3) is 11.8 Å². The Hall–Kier alpha value is -2.94. The van der Waals surface area contributed by atoms with Crippen LogP contribution in [0, 0.1) is 0 Å². The second-order valence-electron chi connectivity index (χ2n) is 7.59. The van der Waals surface area contributed by atoms with Crippen molar-refractivity contribution < 1.29 is 22.7 Å². The number of hydrogen-bond acceptors (Lipinski definition) is 6. The minimum absolute atomic E-state index is 0.0840. The number of ether oxygens (including phenoxy) is 1. The molecule has 0 spiro atoms. The van der Waals surface area contributed by atoms with E-state index >= 15 is 0 Å². The number of nitrogens with one attached hydrogen (secondary N) is 2. The maximum atomic E-state index is 12.8. The van der Waals surface area contributed by atoms with Gasteiger partial charge in [0.2, 0.25) is 5.88 Å². The molecule has 8 nitrogen and oxygen atoms in total.